The topological polar surface area (TPSA) is 13.1 Å². The molecule has 0 spiro atoms. The largest absolute Gasteiger partial charge is 0.462 e. The van der Waals surface area contributed by atoms with E-state index in [1.165, 1.54) is 11.1 Å². The molecule has 0 aliphatic rings. The number of aryl methyl sites for hydroxylation is 2. The van der Waals surface area contributed by atoms with Crippen LogP contribution in [0.1, 0.15) is 22.6 Å². The highest BCUT2D eigenvalue weighted by Gasteiger charge is 1.92. The zero-order chi connectivity index (χ0) is 10.7. The van der Waals surface area contributed by atoms with E-state index in [4.69, 9.17) is 4.42 Å². The van der Waals surface area contributed by atoms with Crippen LogP contribution >= 0.6 is 0 Å². The Bertz CT molecular complexity index is 460. The number of hydrogen-bond acceptors (Lipinski definition) is 1. The van der Waals surface area contributed by atoms with Crippen molar-refractivity contribution in [2.24, 2.45) is 0 Å². The fourth-order valence-electron chi connectivity index (χ4n) is 1.40. The van der Waals surface area contributed by atoms with Gasteiger partial charge in [-0.05, 0) is 37.6 Å². The lowest BCUT2D eigenvalue weighted by Gasteiger charge is -1.93. The molecule has 0 saturated carbocycles. The second-order valence-corrected chi connectivity index (χ2v) is 3.69. The molecule has 1 nitrogen and oxygen atoms in total. The van der Waals surface area contributed by atoms with E-state index in [1.54, 1.807) is 0 Å². The van der Waals surface area contributed by atoms with Crippen LogP contribution in [0.15, 0.2) is 40.8 Å². The molecule has 0 N–H and O–H groups in total. The van der Waals surface area contributed by atoms with Crippen LogP contribution in [0, 0.1) is 13.8 Å². The van der Waals surface area contributed by atoms with E-state index in [1.807, 2.05) is 25.1 Å². The molecule has 0 bridgehead atoms. The first-order valence-electron chi connectivity index (χ1n) is 5.05. The van der Waals surface area contributed by atoms with Gasteiger partial charge in [-0.15, -0.1) is 0 Å². The highest BCUT2D eigenvalue weighted by molar-refractivity contribution is 5.67. The average molecular weight is 198 g/mol. The van der Waals surface area contributed by atoms with Gasteiger partial charge in [0.2, 0.25) is 0 Å². The summed E-state index contributed by atoms with van der Waals surface area (Å²) in [5, 5.41) is 0. The van der Waals surface area contributed by atoms with Crippen molar-refractivity contribution < 1.29 is 4.42 Å². The van der Waals surface area contributed by atoms with Gasteiger partial charge in [0.05, 0.1) is 0 Å². The van der Waals surface area contributed by atoms with Crippen molar-refractivity contribution in [3.63, 3.8) is 0 Å². The lowest BCUT2D eigenvalue weighted by molar-refractivity contribution is 0.525. The number of benzene rings is 1. The summed E-state index contributed by atoms with van der Waals surface area (Å²) in [6.07, 6.45) is 4.04. The van der Waals surface area contributed by atoms with Crippen LogP contribution in [0.5, 0.6) is 0 Å². The van der Waals surface area contributed by atoms with E-state index < -0.39 is 0 Å². The lowest BCUT2D eigenvalue weighted by Crippen LogP contribution is -1.73. The van der Waals surface area contributed by atoms with Gasteiger partial charge in [-0.25, -0.2) is 0 Å². The molecule has 15 heavy (non-hydrogen) atoms. The molecule has 0 saturated heterocycles. The molecule has 0 fully saturated rings. The standard InChI is InChI=1S/C14H14O/c1-11-3-6-13(7-4-11)8-10-14-9-5-12(2)15-14/h3-10H,1-2H3/b10-8+. The first-order chi connectivity index (χ1) is 7.24. The van der Waals surface area contributed by atoms with E-state index in [0.717, 1.165) is 11.5 Å². The Morgan fingerprint density at radius 3 is 2.20 bits per heavy atom. The minimum atomic E-state index is 0.896. The molecule has 0 aliphatic heterocycles. The van der Waals surface area contributed by atoms with Crippen LogP contribution in [0.3, 0.4) is 0 Å². The van der Waals surface area contributed by atoms with Gasteiger partial charge in [-0.3, -0.25) is 0 Å². The molecule has 1 aromatic carbocycles. The zero-order valence-electron chi connectivity index (χ0n) is 9.03. The van der Waals surface area contributed by atoms with Gasteiger partial charge in [-0.1, -0.05) is 35.9 Å². The molecular weight excluding hydrogens is 184 g/mol. The summed E-state index contributed by atoms with van der Waals surface area (Å²) in [5.41, 5.74) is 2.47. The van der Waals surface area contributed by atoms with Crippen molar-refractivity contribution in [1.82, 2.24) is 0 Å². The number of hydrogen-bond donors (Lipinski definition) is 0. The van der Waals surface area contributed by atoms with Crippen molar-refractivity contribution in [1.29, 1.82) is 0 Å². The molecule has 1 heterocycles. The minimum absolute atomic E-state index is 0.896. The van der Waals surface area contributed by atoms with Crippen LogP contribution in [-0.2, 0) is 0 Å². The fraction of sp³-hybridized carbons (Fsp3) is 0.143. The summed E-state index contributed by atoms with van der Waals surface area (Å²) >= 11 is 0. The second kappa shape index (κ2) is 4.18. The zero-order valence-corrected chi connectivity index (χ0v) is 9.03. The van der Waals surface area contributed by atoms with E-state index in [-0.39, 0.29) is 0 Å². The minimum Gasteiger partial charge on any atom is -0.462 e. The Hall–Kier alpha value is -1.76. The van der Waals surface area contributed by atoms with Gasteiger partial charge in [-0.2, -0.15) is 0 Å². The fourth-order valence-corrected chi connectivity index (χ4v) is 1.40. The predicted molar refractivity (Wildman–Crippen MR) is 63.6 cm³/mol. The van der Waals surface area contributed by atoms with Crippen LogP contribution in [0.25, 0.3) is 12.2 Å². The average Bonchev–Trinajstić information content (AvgIpc) is 2.64. The van der Waals surface area contributed by atoms with Crippen molar-refractivity contribution in [3.05, 3.63) is 59.0 Å². The van der Waals surface area contributed by atoms with Gasteiger partial charge in [0, 0.05) is 0 Å². The molecule has 2 aromatic rings. The van der Waals surface area contributed by atoms with E-state index in [2.05, 4.69) is 37.3 Å². The van der Waals surface area contributed by atoms with Gasteiger partial charge in [0.25, 0.3) is 0 Å². The highest BCUT2D eigenvalue weighted by Crippen LogP contribution is 2.11. The molecule has 0 unspecified atom stereocenters. The van der Waals surface area contributed by atoms with Crippen LogP contribution in [-0.4, -0.2) is 0 Å². The summed E-state index contributed by atoms with van der Waals surface area (Å²) < 4.78 is 5.44. The number of furan rings is 1. The van der Waals surface area contributed by atoms with Gasteiger partial charge >= 0.3 is 0 Å². The summed E-state index contributed by atoms with van der Waals surface area (Å²) in [4.78, 5) is 0. The molecule has 76 valence electrons. The van der Waals surface area contributed by atoms with Crippen LogP contribution < -0.4 is 0 Å². The third-order valence-electron chi connectivity index (χ3n) is 2.28. The van der Waals surface area contributed by atoms with E-state index in [0.29, 0.717) is 0 Å². The molecular formula is C14H14O. The molecule has 1 heteroatoms. The first kappa shape index (κ1) is 9.78. The Morgan fingerprint density at radius 2 is 1.60 bits per heavy atom. The monoisotopic (exact) mass is 198 g/mol. The van der Waals surface area contributed by atoms with E-state index in [9.17, 15) is 0 Å². The van der Waals surface area contributed by atoms with Crippen molar-refractivity contribution in [3.8, 4) is 0 Å². The maximum absolute atomic E-state index is 5.44. The second-order valence-electron chi connectivity index (χ2n) is 3.69. The maximum atomic E-state index is 5.44. The summed E-state index contributed by atoms with van der Waals surface area (Å²) in [7, 11) is 0. The Morgan fingerprint density at radius 1 is 0.867 bits per heavy atom. The highest BCUT2D eigenvalue weighted by atomic mass is 16.3. The molecule has 0 amide bonds. The van der Waals surface area contributed by atoms with Crippen molar-refractivity contribution in [2.75, 3.05) is 0 Å². The molecule has 0 atom stereocenters. The maximum Gasteiger partial charge on any atom is 0.127 e. The molecule has 1 aromatic heterocycles. The van der Waals surface area contributed by atoms with Gasteiger partial charge < -0.3 is 4.42 Å². The van der Waals surface area contributed by atoms with E-state index >= 15 is 0 Å². The SMILES string of the molecule is Cc1ccc(/C=C/c2ccc(C)o2)cc1. The smallest absolute Gasteiger partial charge is 0.127 e. The molecule has 0 aliphatic carbocycles. The number of rotatable bonds is 2. The van der Waals surface area contributed by atoms with Gasteiger partial charge in [0.15, 0.2) is 0 Å². The normalized spacial score (nSPS) is 11.1. The van der Waals surface area contributed by atoms with Crippen molar-refractivity contribution >= 4 is 12.2 Å². The third kappa shape index (κ3) is 2.59. The Kier molecular flexibility index (Phi) is 2.72. The predicted octanol–water partition coefficient (Wildman–Crippen LogP) is 4.07. The lowest BCUT2D eigenvalue weighted by atomic mass is 10.1. The summed E-state index contributed by atoms with van der Waals surface area (Å²) in [5.74, 6) is 1.84. The first-order valence-corrected chi connectivity index (χ1v) is 5.05. The van der Waals surface area contributed by atoms with Gasteiger partial charge in [0.1, 0.15) is 11.5 Å². The molecule has 2 rings (SSSR count). The van der Waals surface area contributed by atoms with Crippen molar-refractivity contribution in [2.45, 2.75) is 13.8 Å². The third-order valence-corrected chi connectivity index (χ3v) is 2.28. The quantitative estimate of drug-likeness (QED) is 0.709. The molecule has 0 radical (unpaired) electrons. The van der Waals surface area contributed by atoms with Crippen LogP contribution in [0.4, 0.5) is 0 Å². The van der Waals surface area contributed by atoms with Crippen LogP contribution in [0.2, 0.25) is 0 Å². The summed E-state index contributed by atoms with van der Waals surface area (Å²) in [6.45, 7) is 4.03. The Labute approximate surface area is 90.1 Å². The summed E-state index contributed by atoms with van der Waals surface area (Å²) in [6, 6.07) is 12.3. The Balaban J connectivity index is 2.14.